The van der Waals surface area contributed by atoms with Crippen molar-refractivity contribution in [2.45, 2.75) is 6.42 Å². The Bertz CT molecular complexity index is 574. The second kappa shape index (κ2) is 5.88. The zero-order valence-electron chi connectivity index (χ0n) is 11.7. The molecule has 1 fully saturated rings. The van der Waals surface area contributed by atoms with Crippen molar-refractivity contribution < 1.29 is 13.2 Å². The highest BCUT2D eigenvalue weighted by Crippen LogP contribution is 2.16. The first-order valence-electron chi connectivity index (χ1n) is 6.48. The lowest BCUT2D eigenvalue weighted by Gasteiger charge is -2.20. The molecule has 0 spiro atoms. The average Bonchev–Trinajstić information content (AvgIpc) is 2.53. The molecule has 0 aliphatic carbocycles. The topological polar surface area (TPSA) is 70.6 Å². The normalized spacial score (nSPS) is 21.8. The number of carbonyl (C=O) groups excluding carboxylic acids is 1. The van der Waals surface area contributed by atoms with Gasteiger partial charge in [0.05, 0.1) is 12.2 Å². The standard InChI is InChI=1S/C13H19N3O3S/c1-15-7-8-16(20(2,18)19)10-11(13(15)17)9-12-5-3-4-6-14-12/h3-6,11H,7-10H2,1-2H3. The summed E-state index contributed by atoms with van der Waals surface area (Å²) in [7, 11) is -1.58. The quantitative estimate of drug-likeness (QED) is 0.786. The minimum Gasteiger partial charge on any atom is -0.344 e. The smallest absolute Gasteiger partial charge is 0.227 e. The number of pyridine rings is 1. The first-order valence-corrected chi connectivity index (χ1v) is 8.33. The average molecular weight is 297 g/mol. The maximum atomic E-state index is 12.3. The monoisotopic (exact) mass is 297 g/mol. The van der Waals surface area contributed by atoms with E-state index in [2.05, 4.69) is 4.98 Å². The molecule has 2 rings (SSSR count). The molecule has 20 heavy (non-hydrogen) atoms. The molecule has 110 valence electrons. The Kier molecular flexibility index (Phi) is 4.39. The lowest BCUT2D eigenvalue weighted by Crippen LogP contribution is -2.36. The Labute approximate surface area is 119 Å². The largest absolute Gasteiger partial charge is 0.344 e. The molecule has 1 atom stereocenters. The van der Waals surface area contributed by atoms with Gasteiger partial charge in [0, 0.05) is 45.0 Å². The van der Waals surface area contributed by atoms with Gasteiger partial charge in [-0.2, -0.15) is 4.31 Å². The van der Waals surface area contributed by atoms with Crippen molar-refractivity contribution in [1.82, 2.24) is 14.2 Å². The molecule has 1 saturated heterocycles. The second-order valence-electron chi connectivity index (χ2n) is 5.10. The van der Waals surface area contributed by atoms with Crippen LogP contribution in [0.15, 0.2) is 24.4 Å². The van der Waals surface area contributed by atoms with E-state index in [1.165, 1.54) is 10.6 Å². The maximum absolute atomic E-state index is 12.3. The van der Waals surface area contributed by atoms with Gasteiger partial charge in [0.2, 0.25) is 15.9 Å². The number of sulfonamides is 1. The number of likely N-dealkylation sites (N-methyl/N-ethyl adjacent to an activating group) is 1. The highest BCUT2D eigenvalue weighted by Gasteiger charge is 2.32. The Hall–Kier alpha value is -1.47. The molecule has 1 amide bonds. The van der Waals surface area contributed by atoms with Crippen LogP contribution >= 0.6 is 0 Å². The van der Waals surface area contributed by atoms with E-state index >= 15 is 0 Å². The van der Waals surface area contributed by atoms with Gasteiger partial charge < -0.3 is 4.90 Å². The molecular formula is C13H19N3O3S. The molecule has 1 aromatic rings. The van der Waals surface area contributed by atoms with Crippen molar-refractivity contribution in [3.05, 3.63) is 30.1 Å². The van der Waals surface area contributed by atoms with Crippen LogP contribution in [0, 0.1) is 5.92 Å². The van der Waals surface area contributed by atoms with E-state index in [4.69, 9.17) is 0 Å². The van der Waals surface area contributed by atoms with Gasteiger partial charge in [-0.15, -0.1) is 0 Å². The number of carbonyl (C=O) groups is 1. The van der Waals surface area contributed by atoms with Gasteiger partial charge >= 0.3 is 0 Å². The zero-order chi connectivity index (χ0) is 14.8. The second-order valence-corrected chi connectivity index (χ2v) is 7.09. The van der Waals surface area contributed by atoms with Gasteiger partial charge in [0.25, 0.3) is 0 Å². The molecule has 0 N–H and O–H groups in total. The molecule has 0 bridgehead atoms. The summed E-state index contributed by atoms with van der Waals surface area (Å²) in [4.78, 5) is 18.1. The van der Waals surface area contributed by atoms with Crippen molar-refractivity contribution >= 4 is 15.9 Å². The van der Waals surface area contributed by atoms with E-state index in [9.17, 15) is 13.2 Å². The van der Waals surface area contributed by atoms with Gasteiger partial charge in [-0.25, -0.2) is 8.42 Å². The number of amides is 1. The van der Waals surface area contributed by atoms with Crippen LogP contribution in [0.4, 0.5) is 0 Å². The van der Waals surface area contributed by atoms with E-state index in [-0.39, 0.29) is 18.4 Å². The van der Waals surface area contributed by atoms with Crippen LogP contribution in [-0.2, 0) is 21.2 Å². The van der Waals surface area contributed by atoms with E-state index in [0.717, 1.165) is 5.69 Å². The summed E-state index contributed by atoms with van der Waals surface area (Å²) >= 11 is 0. The molecule has 0 saturated carbocycles. The molecule has 0 radical (unpaired) electrons. The highest BCUT2D eigenvalue weighted by atomic mass is 32.2. The van der Waals surface area contributed by atoms with Gasteiger partial charge in [-0.05, 0) is 12.1 Å². The summed E-state index contributed by atoms with van der Waals surface area (Å²) in [6.07, 6.45) is 3.31. The van der Waals surface area contributed by atoms with E-state index in [1.807, 2.05) is 18.2 Å². The third kappa shape index (κ3) is 3.55. The minimum absolute atomic E-state index is 0.0261. The number of aromatic nitrogens is 1. The SMILES string of the molecule is CN1CCN(S(C)(=O)=O)CC(Cc2ccccn2)C1=O. The number of hydrogen-bond donors (Lipinski definition) is 0. The van der Waals surface area contributed by atoms with Crippen LogP contribution in [0.3, 0.4) is 0 Å². The van der Waals surface area contributed by atoms with Crippen molar-refractivity contribution in [3.63, 3.8) is 0 Å². The predicted molar refractivity (Wildman–Crippen MR) is 75.5 cm³/mol. The van der Waals surface area contributed by atoms with Crippen LogP contribution in [-0.4, -0.2) is 61.5 Å². The van der Waals surface area contributed by atoms with E-state index < -0.39 is 10.0 Å². The molecule has 1 aliphatic rings. The maximum Gasteiger partial charge on any atom is 0.227 e. The van der Waals surface area contributed by atoms with Gasteiger partial charge in [-0.1, -0.05) is 6.07 Å². The summed E-state index contributed by atoms with van der Waals surface area (Å²) in [5.74, 6) is -0.408. The fraction of sp³-hybridized carbons (Fsp3) is 0.538. The first-order chi connectivity index (χ1) is 9.38. The van der Waals surface area contributed by atoms with Crippen molar-refractivity contribution in [1.29, 1.82) is 0 Å². The van der Waals surface area contributed by atoms with Gasteiger partial charge in [0.15, 0.2) is 0 Å². The number of nitrogens with zero attached hydrogens (tertiary/aromatic N) is 3. The minimum atomic E-state index is -3.29. The third-order valence-electron chi connectivity index (χ3n) is 3.48. The fourth-order valence-electron chi connectivity index (χ4n) is 2.32. The van der Waals surface area contributed by atoms with Gasteiger partial charge in [-0.3, -0.25) is 9.78 Å². The summed E-state index contributed by atoms with van der Waals surface area (Å²) in [6, 6.07) is 5.53. The molecule has 1 unspecified atom stereocenters. The van der Waals surface area contributed by atoms with Crippen LogP contribution in [0.25, 0.3) is 0 Å². The van der Waals surface area contributed by atoms with Crippen molar-refractivity contribution in [2.75, 3.05) is 32.9 Å². The molecular weight excluding hydrogens is 278 g/mol. The molecule has 0 aromatic carbocycles. The fourth-order valence-corrected chi connectivity index (χ4v) is 3.19. The summed E-state index contributed by atoms with van der Waals surface area (Å²) in [5, 5.41) is 0. The third-order valence-corrected chi connectivity index (χ3v) is 4.75. The number of hydrogen-bond acceptors (Lipinski definition) is 4. The molecule has 1 aliphatic heterocycles. The van der Waals surface area contributed by atoms with E-state index in [0.29, 0.717) is 19.5 Å². The van der Waals surface area contributed by atoms with Crippen LogP contribution in [0.1, 0.15) is 5.69 Å². The zero-order valence-corrected chi connectivity index (χ0v) is 12.5. The van der Waals surface area contributed by atoms with Crippen molar-refractivity contribution in [3.8, 4) is 0 Å². The van der Waals surface area contributed by atoms with Crippen LogP contribution < -0.4 is 0 Å². The summed E-state index contributed by atoms with van der Waals surface area (Å²) in [5.41, 5.74) is 0.801. The lowest BCUT2D eigenvalue weighted by atomic mass is 10.0. The lowest BCUT2D eigenvalue weighted by molar-refractivity contribution is -0.133. The van der Waals surface area contributed by atoms with Crippen LogP contribution in [0.2, 0.25) is 0 Å². The molecule has 6 nitrogen and oxygen atoms in total. The Morgan fingerprint density at radius 3 is 2.70 bits per heavy atom. The predicted octanol–water partition coefficient (Wildman–Crippen LogP) is -0.0261. The molecule has 7 heteroatoms. The highest BCUT2D eigenvalue weighted by molar-refractivity contribution is 7.88. The Balaban J connectivity index is 2.21. The van der Waals surface area contributed by atoms with Crippen molar-refractivity contribution in [2.24, 2.45) is 5.92 Å². The number of rotatable bonds is 3. The Morgan fingerprint density at radius 1 is 1.35 bits per heavy atom. The molecule has 2 heterocycles. The summed E-state index contributed by atoms with van der Waals surface area (Å²) in [6.45, 7) is 0.989. The van der Waals surface area contributed by atoms with E-state index in [1.54, 1.807) is 18.1 Å². The summed E-state index contributed by atoms with van der Waals surface area (Å²) < 4.78 is 24.8. The Morgan fingerprint density at radius 2 is 2.10 bits per heavy atom. The first kappa shape index (κ1) is 14.9. The molecule has 1 aromatic heterocycles. The van der Waals surface area contributed by atoms with Gasteiger partial charge in [0.1, 0.15) is 0 Å². The van der Waals surface area contributed by atoms with Crippen LogP contribution in [0.5, 0.6) is 0 Å².